The first-order chi connectivity index (χ1) is 10.8. The van der Waals surface area contributed by atoms with E-state index in [2.05, 4.69) is 10.3 Å². The molecule has 4 nitrogen and oxygen atoms in total. The SMILES string of the molecule is Cc1nc2ccc(NC(=O)c3ccc(C(F)(F)F)cc3)cc2o1. The molecule has 1 amide bonds. The highest BCUT2D eigenvalue weighted by Gasteiger charge is 2.30. The van der Waals surface area contributed by atoms with Crippen LogP contribution >= 0.6 is 0 Å². The van der Waals surface area contributed by atoms with Gasteiger partial charge in [-0.1, -0.05) is 0 Å². The number of nitrogens with zero attached hydrogens (tertiary/aromatic N) is 1. The molecule has 0 fully saturated rings. The normalized spacial score (nSPS) is 11.7. The van der Waals surface area contributed by atoms with Gasteiger partial charge in [0.25, 0.3) is 5.91 Å². The van der Waals surface area contributed by atoms with Crippen LogP contribution in [0.25, 0.3) is 11.1 Å². The molecule has 3 rings (SSSR count). The molecule has 1 N–H and O–H groups in total. The fraction of sp³-hybridized carbons (Fsp3) is 0.125. The van der Waals surface area contributed by atoms with Gasteiger partial charge < -0.3 is 9.73 Å². The molecule has 0 spiro atoms. The van der Waals surface area contributed by atoms with Crippen molar-refractivity contribution in [2.24, 2.45) is 0 Å². The standard InChI is InChI=1S/C16H11F3N2O2/c1-9-20-13-7-6-12(8-14(13)23-9)21-15(22)10-2-4-11(5-3-10)16(17,18)19/h2-8H,1H3,(H,21,22). The van der Waals surface area contributed by atoms with Crippen molar-refractivity contribution < 1.29 is 22.4 Å². The van der Waals surface area contributed by atoms with Gasteiger partial charge in [-0.25, -0.2) is 4.98 Å². The van der Waals surface area contributed by atoms with Crippen molar-refractivity contribution in [3.05, 3.63) is 59.5 Å². The maximum atomic E-state index is 12.5. The van der Waals surface area contributed by atoms with Gasteiger partial charge >= 0.3 is 6.18 Å². The van der Waals surface area contributed by atoms with Gasteiger partial charge in [0.2, 0.25) is 0 Å². The Balaban J connectivity index is 1.79. The molecule has 0 saturated heterocycles. The van der Waals surface area contributed by atoms with Crippen molar-refractivity contribution in [1.82, 2.24) is 4.98 Å². The van der Waals surface area contributed by atoms with Crippen LogP contribution in [0, 0.1) is 6.92 Å². The number of hydrogen-bond acceptors (Lipinski definition) is 3. The van der Waals surface area contributed by atoms with Gasteiger partial charge in [0.15, 0.2) is 11.5 Å². The van der Waals surface area contributed by atoms with Gasteiger partial charge in [-0.05, 0) is 36.4 Å². The van der Waals surface area contributed by atoms with Crippen LogP contribution in [0.5, 0.6) is 0 Å². The van der Waals surface area contributed by atoms with E-state index in [1.165, 1.54) is 0 Å². The average Bonchev–Trinajstić information content (AvgIpc) is 2.86. The number of hydrogen-bond donors (Lipinski definition) is 1. The van der Waals surface area contributed by atoms with Crippen LogP contribution < -0.4 is 5.32 Å². The minimum absolute atomic E-state index is 0.131. The predicted octanol–water partition coefficient (Wildman–Crippen LogP) is 4.41. The van der Waals surface area contributed by atoms with Crippen LogP contribution in [-0.4, -0.2) is 10.9 Å². The Morgan fingerprint density at radius 3 is 2.48 bits per heavy atom. The van der Waals surface area contributed by atoms with Crippen molar-refractivity contribution in [3.63, 3.8) is 0 Å². The van der Waals surface area contributed by atoms with Crippen molar-refractivity contribution in [3.8, 4) is 0 Å². The first kappa shape index (κ1) is 15.1. The topological polar surface area (TPSA) is 55.1 Å². The largest absolute Gasteiger partial charge is 0.441 e. The van der Waals surface area contributed by atoms with Crippen LogP contribution in [0.1, 0.15) is 21.8 Å². The maximum Gasteiger partial charge on any atom is 0.416 e. The number of fused-ring (bicyclic) bond motifs is 1. The van der Waals surface area contributed by atoms with Crippen LogP contribution in [0.2, 0.25) is 0 Å². The Morgan fingerprint density at radius 1 is 1.13 bits per heavy atom. The van der Waals surface area contributed by atoms with Crippen molar-refractivity contribution in [2.45, 2.75) is 13.1 Å². The Kier molecular flexibility index (Phi) is 3.55. The monoisotopic (exact) mass is 320 g/mol. The Labute approximate surface area is 128 Å². The van der Waals surface area contributed by atoms with Crippen molar-refractivity contribution >= 4 is 22.7 Å². The molecule has 118 valence electrons. The molecule has 0 atom stereocenters. The Hall–Kier alpha value is -2.83. The minimum atomic E-state index is -4.43. The summed E-state index contributed by atoms with van der Waals surface area (Å²) in [5.41, 5.74) is 0.987. The van der Waals surface area contributed by atoms with E-state index >= 15 is 0 Å². The predicted molar refractivity (Wildman–Crippen MR) is 78.1 cm³/mol. The fourth-order valence-corrected chi connectivity index (χ4v) is 2.13. The van der Waals surface area contributed by atoms with E-state index in [0.29, 0.717) is 22.7 Å². The summed E-state index contributed by atoms with van der Waals surface area (Å²) in [7, 11) is 0. The average molecular weight is 320 g/mol. The molecular weight excluding hydrogens is 309 g/mol. The molecule has 0 saturated carbocycles. The molecule has 0 aliphatic rings. The molecule has 0 unspecified atom stereocenters. The van der Waals surface area contributed by atoms with Gasteiger partial charge in [0.05, 0.1) is 5.56 Å². The number of halogens is 3. The molecule has 0 radical (unpaired) electrons. The first-order valence-electron chi connectivity index (χ1n) is 6.69. The number of carbonyl (C=O) groups is 1. The van der Waals surface area contributed by atoms with Gasteiger partial charge in [-0.15, -0.1) is 0 Å². The zero-order valence-corrected chi connectivity index (χ0v) is 11.9. The number of carbonyl (C=O) groups excluding carboxylic acids is 1. The zero-order chi connectivity index (χ0) is 16.6. The van der Waals surface area contributed by atoms with Crippen molar-refractivity contribution in [1.29, 1.82) is 0 Å². The van der Waals surface area contributed by atoms with Crippen LogP contribution in [0.4, 0.5) is 18.9 Å². The van der Waals surface area contributed by atoms with E-state index in [0.717, 1.165) is 24.3 Å². The molecular formula is C16H11F3N2O2. The highest BCUT2D eigenvalue weighted by Crippen LogP contribution is 2.29. The summed E-state index contributed by atoms with van der Waals surface area (Å²) < 4.78 is 42.9. The lowest BCUT2D eigenvalue weighted by Gasteiger charge is -2.08. The maximum absolute atomic E-state index is 12.5. The fourth-order valence-electron chi connectivity index (χ4n) is 2.13. The van der Waals surface area contributed by atoms with E-state index in [9.17, 15) is 18.0 Å². The minimum Gasteiger partial charge on any atom is -0.441 e. The number of amides is 1. The third kappa shape index (κ3) is 3.18. The van der Waals surface area contributed by atoms with Gasteiger partial charge in [0, 0.05) is 24.2 Å². The highest BCUT2D eigenvalue weighted by atomic mass is 19.4. The number of rotatable bonds is 2. The number of aryl methyl sites for hydroxylation is 1. The summed E-state index contributed by atoms with van der Waals surface area (Å²) in [6.07, 6.45) is -4.43. The summed E-state index contributed by atoms with van der Waals surface area (Å²) in [5.74, 6) is 0.000489. The summed E-state index contributed by atoms with van der Waals surface area (Å²) in [6, 6.07) is 8.96. The highest BCUT2D eigenvalue weighted by molar-refractivity contribution is 6.04. The molecule has 0 aliphatic heterocycles. The van der Waals surface area contributed by atoms with Crippen LogP contribution in [0.15, 0.2) is 46.9 Å². The Bertz CT molecular complexity index is 867. The molecule has 3 aromatic rings. The summed E-state index contributed by atoms with van der Waals surface area (Å²) >= 11 is 0. The van der Waals surface area contributed by atoms with E-state index < -0.39 is 17.6 Å². The summed E-state index contributed by atoms with van der Waals surface area (Å²) in [4.78, 5) is 16.2. The lowest BCUT2D eigenvalue weighted by Crippen LogP contribution is -2.12. The third-order valence-corrected chi connectivity index (χ3v) is 3.23. The van der Waals surface area contributed by atoms with E-state index in [1.807, 2.05) is 0 Å². The van der Waals surface area contributed by atoms with E-state index in [-0.39, 0.29) is 5.56 Å². The van der Waals surface area contributed by atoms with Crippen molar-refractivity contribution in [2.75, 3.05) is 5.32 Å². The van der Waals surface area contributed by atoms with Gasteiger partial charge in [0.1, 0.15) is 5.52 Å². The summed E-state index contributed by atoms with van der Waals surface area (Å²) in [5, 5.41) is 2.61. The lowest BCUT2D eigenvalue weighted by atomic mass is 10.1. The second-order valence-corrected chi connectivity index (χ2v) is 4.94. The number of nitrogens with one attached hydrogen (secondary N) is 1. The smallest absolute Gasteiger partial charge is 0.416 e. The second-order valence-electron chi connectivity index (χ2n) is 4.94. The number of oxazole rings is 1. The molecule has 1 heterocycles. The number of anilines is 1. The molecule has 1 aromatic heterocycles. The van der Waals surface area contributed by atoms with Gasteiger partial charge in [-0.2, -0.15) is 13.2 Å². The molecule has 0 aliphatic carbocycles. The molecule has 23 heavy (non-hydrogen) atoms. The van der Waals surface area contributed by atoms with E-state index in [4.69, 9.17) is 4.42 Å². The second kappa shape index (κ2) is 5.42. The Morgan fingerprint density at radius 2 is 1.83 bits per heavy atom. The lowest BCUT2D eigenvalue weighted by molar-refractivity contribution is -0.137. The van der Waals surface area contributed by atoms with Crippen LogP contribution in [-0.2, 0) is 6.18 Å². The molecule has 0 bridgehead atoms. The first-order valence-corrected chi connectivity index (χ1v) is 6.69. The summed E-state index contributed by atoms with van der Waals surface area (Å²) in [6.45, 7) is 1.71. The number of benzene rings is 2. The molecule has 2 aromatic carbocycles. The van der Waals surface area contributed by atoms with Gasteiger partial charge in [-0.3, -0.25) is 4.79 Å². The quantitative estimate of drug-likeness (QED) is 0.761. The number of aromatic nitrogens is 1. The zero-order valence-electron chi connectivity index (χ0n) is 11.9. The third-order valence-electron chi connectivity index (χ3n) is 3.23. The molecule has 7 heteroatoms. The van der Waals surface area contributed by atoms with Crippen LogP contribution in [0.3, 0.4) is 0 Å². The van der Waals surface area contributed by atoms with E-state index in [1.54, 1.807) is 25.1 Å². The number of alkyl halides is 3.